The Labute approximate surface area is 184 Å². The Kier molecular flexibility index (Phi) is 7.63. The summed E-state index contributed by atoms with van der Waals surface area (Å²) in [4.78, 5) is 0. The predicted molar refractivity (Wildman–Crippen MR) is 109 cm³/mol. The van der Waals surface area contributed by atoms with Gasteiger partial charge in [-0.2, -0.15) is 0 Å². The Morgan fingerprint density at radius 1 is 0.848 bits per heavy atom. The van der Waals surface area contributed by atoms with Crippen LogP contribution in [-0.2, 0) is 6.42 Å². The summed E-state index contributed by atoms with van der Waals surface area (Å²) >= 11 is 0. The van der Waals surface area contributed by atoms with E-state index in [-0.39, 0.29) is 17.7 Å². The Morgan fingerprint density at radius 2 is 1.52 bits per heavy atom. The van der Waals surface area contributed by atoms with Crippen molar-refractivity contribution >= 4 is 5.57 Å². The fourth-order valence-corrected chi connectivity index (χ4v) is 2.99. The summed E-state index contributed by atoms with van der Waals surface area (Å²) in [6.45, 7) is 0. The van der Waals surface area contributed by atoms with Gasteiger partial charge in [0.25, 0.3) is 6.43 Å². The van der Waals surface area contributed by atoms with Crippen LogP contribution in [0.5, 0.6) is 17.2 Å². The van der Waals surface area contributed by atoms with Crippen molar-refractivity contribution in [1.82, 2.24) is 0 Å². The zero-order valence-electron chi connectivity index (χ0n) is 16.8. The number of rotatable bonds is 8. The Morgan fingerprint density at radius 3 is 2.12 bits per heavy atom. The van der Waals surface area contributed by atoms with Crippen LogP contribution in [0, 0.1) is 5.82 Å². The summed E-state index contributed by atoms with van der Waals surface area (Å²) in [6, 6.07) is 15.7. The number of para-hydroxylation sites is 1. The first kappa shape index (κ1) is 24.2. The van der Waals surface area contributed by atoms with E-state index in [1.54, 1.807) is 30.3 Å². The minimum atomic E-state index is -4.93. The number of hydrogen-bond donors (Lipinski definition) is 0. The molecule has 0 radical (unpaired) electrons. The van der Waals surface area contributed by atoms with Gasteiger partial charge in [-0.1, -0.05) is 36.4 Å². The fourth-order valence-electron chi connectivity index (χ4n) is 2.99. The van der Waals surface area contributed by atoms with E-state index >= 15 is 0 Å². The van der Waals surface area contributed by atoms with E-state index in [0.29, 0.717) is 17.4 Å². The van der Waals surface area contributed by atoms with Gasteiger partial charge in [0.2, 0.25) is 0 Å². The third-order valence-electron chi connectivity index (χ3n) is 4.41. The van der Waals surface area contributed by atoms with Crippen molar-refractivity contribution < 1.29 is 40.2 Å². The van der Waals surface area contributed by atoms with Crippen molar-refractivity contribution in [2.45, 2.75) is 25.4 Å². The molecular formula is C24H17F7O2. The predicted octanol–water partition coefficient (Wildman–Crippen LogP) is 7.75. The monoisotopic (exact) mass is 470 g/mol. The number of hydrogen-bond acceptors (Lipinski definition) is 2. The van der Waals surface area contributed by atoms with E-state index in [1.165, 1.54) is 12.1 Å². The van der Waals surface area contributed by atoms with E-state index in [4.69, 9.17) is 4.74 Å². The lowest BCUT2D eigenvalue weighted by molar-refractivity contribution is -0.274. The van der Waals surface area contributed by atoms with E-state index in [0.717, 1.165) is 30.3 Å². The van der Waals surface area contributed by atoms with Crippen LogP contribution in [0.25, 0.3) is 5.57 Å². The Hall–Kier alpha value is -3.49. The Balaban J connectivity index is 1.76. The number of alkyl halides is 6. The van der Waals surface area contributed by atoms with Gasteiger partial charge in [-0.15, -0.1) is 13.2 Å². The molecule has 3 rings (SSSR count). The molecule has 3 aromatic carbocycles. The topological polar surface area (TPSA) is 18.5 Å². The highest BCUT2D eigenvalue weighted by atomic mass is 19.4. The third-order valence-corrected chi connectivity index (χ3v) is 4.41. The second-order valence-electron chi connectivity index (χ2n) is 6.89. The van der Waals surface area contributed by atoms with E-state index in [1.807, 2.05) is 0 Å². The second-order valence-corrected chi connectivity index (χ2v) is 6.89. The number of allylic oxidation sites excluding steroid dienone is 2. The molecule has 0 N–H and O–H groups in total. The molecule has 2 nitrogen and oxygen atoms in total. The minimum Gasteiger partial charge on any atom is -0.454 e. The first-order valence-electron chi connectivity index (χ1n) is 9.62. The molecule has 9 heteroatoms. The molecular weight excluding hydrogens is 453 g/mol. The quantitative estimate of drug-likeness (QED) is 0.314. The summed E-state index contributed by atoms with van der Waals surface area (Å²) in [6.07, 6.45) is -9.55. The molecule has 0 amide bonds. The number of ether oxygens (including phenoxy) is 2. The van der Waals surface area contributed by atoms with Crippen molar-refractivity contribution in [2.24, 2.45) is 0 Å². The van der Waals surface area contributed by atoms with Crippen LogP contribution < -0.4 is 9.47 Å². The van der Waals surface area contributed by atoms with Gasteiger partial charge in [0.05, 0.1) is 0 Å². The molecule has 0 heterocycles. The maximum absolute atomic E-state index is 14.6. The molecule has 0 saturated heterocycles. The van der Waals surface area contributed by atoms with Crippen molar-refractivity contribution in [3.8, 4) is 17.2 Å². The van der Waals surface area contributed by atoms with Gasteiger partial charge >= 0.3 is 6.36 Å². The lowest BCUT2D eigenvalue weighted by Crippen LogP contribution is -2.17. The molecule has 0 aliphatic rings. The standard InChI is InChI=1S/C24H17F7O2/c25-17(12-15-6-11-21(26)22(13-15)32-18-4-2-1-3-5-18)14-20(23(27)28)16-7-9-19(10-8-16)33-24(29,30)31/h1-11,13-14,17,23H,12H2. The molecule has 0 saturated carbocycles. The largest absolute Gasteiger partial charge is 0.573 e. The molecule has 0 fully saturated rings. The maximum Gasteiger partial charge on any atom is 0.573 e. The van der Waals surface area contributed by atoms with Crippen LogP contribution in [0.4, 0.5) is 30.7 Å². The number of benzene rings is 3. The number of halogens is 7. The van der Waals surface area contributed by atoms with Gasteiger partial charge in [0.1, 0.15) is 17.7 Å². The molecule has 0 spiro atoms. The zero-order chi connectivity index (χ0) is 24.0. The molecule has 0 bridgehead atoms. The normalized spacial score (nSPS) is 13.2. The maximum atomic E-state index is 14.6. The van der Waals surface area contributed by atoms with Crippen LogP contribution in [0.15, 0.2) is 78.9 Å². The summed E-state index contributed by atoms with van der Waals surface area (Å²) in [5.41, 5.74) is -0.549. The first-order chi connectivity index (χ1) is 15.6. The van der Waals surface area contributed by atoms with Crippen molar-refractivity contribution in [3.63, 3.8) is 0 Å². The minimum absolute atomic E-state index is 0.149. The lowest BCUT2D eigenvalue weighted by Gasteiger charge is -2.13. The average Bonchev–Trinajstić information content (AvgIpc) is 2.74. The van der Waals surface area contributed by atoms with Gasteiger partial charge < -0.3 is 9.47 Å². The average molecular weight is 470 g/mol. The van der Waals surface area contributed by atoms with E-state index < -0.39 is 36.1 Å². The smallest absolute Gasteiger partial charge is 0.454 e. The highest BCUT2D eigenvalue weighted by Gasteiger charge is 2.31. The van der Waals surface area contributed by atoms with Gasteiger partial charge in [-0.05, 0) is 53.6 Å². The van der Waals surface area contributed by atoms with Gasteiger partial charge in [-0.3, -0.25) is 0 Å². The van der Waals surface area contributed by atoms with Crippen LogP contribution >= 0.6 is 0 Å². The molecule has 174 valence electrons. The van der Waals surface area contributed by atoms with E-state index in [2.05, 4.69) is 4.74 Å². The van der Waals surface area contributed by atoms with Gasteiger partial charge in [0, 0.05) is 12.0 Å². The SMILES string of the molecule is Fc1ccc(CC(F)C=C(c2ccc(OC(F)(F)F)cc2)C(F)F)cc1Oc1ccccc1. The first-order valence-corrected chi connectivity index (χ1v) is 9.62. The molecule has 0 aromatic heterocycles. The van der Waals surface area contributed by atoms with Crippen LogP contribution in [0.1, 0.15) is 11.1 Å². The third kappa shape index (κ3) is 7.27. The summed E-state index contributed by atoms with van der Waals surface area (Å²) in [7, 11) is 0. The molecule has 0 aliphatic carbocycles. The second kappa shape index (κ2) is 10.4. The van der Waals surface area contributed by atoms with Crippen molar-refractivity contribution in [3.05, 3.63) is 95.8 Å². The van der Waals surface area contributed by atoms with Gasteiger partial charge in [0.15, 0.2) is 11.6 Å². The van der Waals surface area contributed by atoms with Crippen molar-refractivity contribution in [1.29, 1.82) is 0 Å². The Bertz CT molecular complexity index is 1080. The molecule has 33 heavy (non-hydrogen) atoms. The molecule has 1 unspecified atom stereocenters. The summed E-state index contributed by atoms with van der Waals surface area (Å²) in [5.74, 6) is -1.05. The molecule has 3 aromatic rings. The van der Waals surface area contributed by atoms with Crippen LogP contribution in [-0.4, -0.2) is 19.0 Å². The fraction of sp³-hybridized carbons (Fsp3) is 0.167. The van der Waals surface area contributed by atoms with Crippen LogP contribution in [0.3, 0.4) is 0 Å². The highest BCUT2D eigenvalue weighted by molar-refractivity contribution is 5.68. The molecule has 1 atom stereocenters. The summed E-state index contributed by atoms with van der Waals surface area (Å²) in [5, 5.41) is 0. The molecule has 0 aliphatic heterocycles. The lowest BCUT2D eigenvalue weighted by atomic mass is 10.0. The zero-order valence-corrected chi connectivity index (χ0v) is 16.8. The van der Waals surface area contributed by atoms with Gasteiger partial charge in [-0.25, -0.2) is 17.6 Å². The van der Waals surface area contributed by atoms with Crippen molar-refractivity contribution in [2.75, 3.05) is 0 Å². The summed E-state index contributed by atoms with van der Waals surface area (Å²) < 4.78 is 102. The highest BCUT2D eigenvalue weighted by Crippen LogP contribution is 2.30. The van der Waals surface area contributed by atoms with E-state index in [9.17, 15) is 30.7 Å². The van der Waals surface area contributed by atoms with Crippen LogP contribution in [0.2, 0.25) is 0 Å².